The molecule has 0 rings (SSSR count). The molecule has 0 nitrogen and oxygen atoms in total. The van der Waals surface area contributed by atoms with Crippen LogP contribution in [0.1, 0.15) is 12.8 Å². The van der Waals surface area contributed by atoms with E-state index in [9.17, 15) is 0 Å². The van der Waals surface area contributed by atoms with E-state index in [-0.39, 0.29) is 13.5 Å². The average molecular weight is 116 g/mol. The molecule has 0 spiro atoms. The van der Waals surface area contributed by atoms with E-state index in [0.717, 1.165) is 12.8 Å². The summed E-state index contributed by atoms with van der Waals surface area (Å²) in [6.07, 6.45) is 5.90. The summed E-state index contributed by atoms with van der Waals surface area (Å²) in [5.41, 5.74) is 0. The van der Waals surface area contributed by atoms with Gasteiger partial charge in [0.05, 0.1) is 0 Å². The van der Waals surface area contributed by atoms with Crippen molar-refractivity contribution in [1.82, 2.24) is 0 Å². The maximum atomic E-state index is 3.55. The van der Waals surface area contributed by atoms with Gasteiger partial charge in [-0.3, -0.25) is 0 Å². The second kappa shape index (κ2) is 9.27. The Morgan fingerprint density at radius 3 is 1.43 bits per heavy atom. The lowest BCUT2D eigenvalue weighted by molar-refractivity contribution is 1.06. The van der Waals surface area contributed by atoms with Crippen molar-refractivity contribution in [2.75, 3.05) is 0 Å². The molecule has 0 aromatic rings. The van der Waals surface area contributed by atoms with Gasteiger partial charge in [-0.2, -0.15) is 13.5 Å². The third-order valence-corrected chi connectivity index (χ3v) is 0.575. The van der Waals surface area contributed by atoms with Crippen molar-refractivity contribution < 1.29 is 0 Å². The largest absolute Gasteiger partial charge is 0.197 e. The standard InChI is InChI=1S/C6H10.H2S/c1-3-5-6-4-2;/h3-4H,1-2,5-6H2;1H2. The van der Waals surface area contributed by atoms with E-state index in [1.807, 2.05) is 12.2 Å². The lowest BCUT2D eigenvalue weighted by atomic mass is 10.3. The number of rotatable bonds is 3. The van der Waals surface area contributed by atoms with Gasteiger partial charge < -0.3 is 0 Å². The van der Waals surface area contributed by atoms with Gasteiger partial charge in [-0.1, -0.05) is 12.2 Å². The molecule has 0 aliphatic carbocycles. The van der Waals surface area contributed by atoms with Crippen molar-refractivity contribution in [1.29, 1.82) is 0 Å². The van der Waals surface area contributed by atoms with Gasteiger partial charge in [0.15, 0.2) is 0 Å². The van der Waals surface area contributed by atoms with Gasteiger partial charge >= 0.3 is 0 Å². The first-order valence-electron chi connectivity index (χ1n) is 2.13. The summed E-state index contributed by atoms with van der Waals surface area (Å²) >= 11 is 0. The van der Waals surface area contributed by atoms with E-state index in [4.69, 9.17) is 0 Å². The smallest absolute Gasteiger partial charge is 0.0319 e. The van der Waals surface area contributed by atoms with Crippen LogP contribution in [0.4, 0.5) is 0 Å². The quantitative estimate of drug-likeness (QED) is 0.392. The van der Waals surface area contributed by atoms with Crippen molar-refractivity contribution in [2.24, 2.45) is 0 Å². The fraction of sp³-hybridized carbons (Fsp3) is 0.333. The molecule has 42 valence electrons. The summed E-state index contributed by atoms with van der Waals surface area (Å²) < 4.78 is 0. The number of hydrogen-bond acceptors (Lipinski definition) is 0. The third-order valence-electron chi connectivity index (χ3n) is 0.575. The van der Waals surface area contributed by atoms with Crippen LogP contribution in [0.15, 0.2) is 25.3 Å². The van der Waals surface area contributed by atoms with Crippen molar-refractivity contribution >= 4 is 13.5 Å². The molecule has 0 aromatic heterocycles. The molecule has 0 fully saturated rings. The zero-order valence-corrected chi connectivity index (χ0v) is 5.48. The Morgan fingerprint density at radius 1 is 1.00 bits per heavy atom. The highest BCUT2D eigenvalue weighted by molar-refractivity contribution is 7.59. The normalized spacial score (nSPS) is 6.29. The van der Waals surface area contributed by atoms with Crippen LogP contribution in [0.3, 0.4) is 0 Å². The van der Waals surface area contributed by atoms with Crippen LogP contribution < -0.4 is 0 Å². The maximum Gasteiger partial charge on any atom is -0.0319 e. The summed E-state index contributed by atoms with van der Waals surface area (Å²) in [5.74, 6) is 0. The molecule has 0 radical (unpaired) electrons. The lowest BCUT2D eigenvalue weighted by Gasteiger charge is -1.76. The fourth-order valence-corrected chi connectivity index (χ4v) is 0.236. The van der Waals surface area contributed by atoms with E-state index < -0.39 is 0 Å². The Kier molecular flexibility index (Phi) is 13.2. The third kappa shape index (κ3) is 10.7. The number of allylic oxidation sites excluding steroid dienone is 2. The Labute approximate surface area is 52.4 Å². The van der Waals surface area contributed by atoms with Gasteiger partial charge in [-0.25, -0.2) is 0 Å². The van der Waals surface area contributed by atoms with Gasteiger partial charge in [0, 0.05) is 0 Å². The van der Waals surface area contributed by atoms with Gasteiger partial charge in [0.1, 0.15) is 0 Å². The molecule has 0 unspecified atom stereocenters. The Balaban J connectivity index is 0. The highest BCUT2D eigenvalue weighted by Crippen LogP contribution is 1.86. The second-order valence-corrected chi connectivity index (χ2v) is 1.15. The van der Waals surface area contributed by atoms with Gasteiger partial charge in [-0.05, 0) is 12.8 Å². The molecule has 0 aliphatic heterocycles. The number of hydrogen-bond donors (Lipinski definition) is 0. The molecule has 0 N–H and O–H groups in total. The van der Waals surface area contributed by atoms with Crippen LogP contribution in [0.25, 0.3) is 0 Å². The van der Waals surface area contributed by atoms with Crippen molar-refractivity contribution in [2.45, 2.75) is 12.8 Å². The Bertz CT molecular complexity index is 40.1. The van der Waals surface area contributed by atoms with Crippen molar-refractivity contribution in [3.05, 3.63) is 25.3 Å². The van der Waals surface area contributed by atoms with Crippen molar-refractivity contribution in [3.63, 3.8) is 0 Å². The van der Waals surface area contributed by atoms with Crippen LogP contribution in [0, 0.1) is 0 Å². The molecule has 0 bridgehead atoms. The van der Waals surface area contributed by atoms with Crippen LogP contribution in [0.2, 0.25) is 0 Å². The average Bonchev–Trinajstić information content (AvgIpc) is 1.61. The molecule has 0 heterocycles. The van der Waals surface area contributed by atoms with Gasteiger partial charge in [0.25, 0.3) is 0 Å². The summed E-state index contributed by atoms with van der Waals surface area (Å²) in [4.78, 5) is 0. The Morgan fingerprint density at radius 2 is 1.29 bits per heavy atom. The predicted molar refractivity (Wildman–Crippen MR) is 40.0 cm³/mol. The second-order valence-electron chi connectivity index (χ2n) is 1.15. The van der Waals surface area contributed by atoms with Crippen LogP contribution in [0.5, 0.6) is 0 Å². The minimum absolute atomic E-state index is 0. The van der Waals surface area contributed by atoms with E-state index >= 15 is 0 Å². The minimum atomic E-state index is 0. The van der Waals surface area contributed by atoms with E-state index in [0.29, 0.717) is 0 Å². The zero-order chi connectivity index (χ0) is 4.83. The fourth-order valence-electron chi connectivity index (χ4n) is 0.236. The van der Waals surface area contributed by atoms with Crippen LogP contribution in [-0.2, 0) is 0 Å². The first kappa shape index (κ1) is 9.95. The van der Waals surface area contributed by atoms with Crippen LogP contribution >= 0.6 is 13.5 Å². The molecular formula is C6H12S. The molecule has 0 aliphatic rings. The molecule has 0 atom stereocenters. The highest BCUT2D eigenvalue weighted by atomic mass is 32.1. The SMILES string of the molecule is C=CCCC=C.S. The molecule has 0 amide bonds. The Hall–Kier alpha value is -0.170. The van der Waals surface area contributed by atoms with Crippen molar-refractivity contribution in [3.8, 4) is 0 Å². The molecule has 7 heavy (non-hydrogen) atoms. The minimum Gasteiger partial charge on any atom is -0.197 e. The molecule has 1 heteroatoms. The van der Waals surface area contributed by atoms with E-state index in [1.54, 1.807) is 0 Å². The lowest BCUT2D eigenvalue weighted by Crippen LogP contribution is -1.56. The number of unbranched alkanes of at least 4 members (excludes halogenated alkanes) is 1. The summed E-state index contributed by atoms with van der Waals surface area (Å²) in [7, 11) is 0. The van der Waals surface area contributed by atoms with E-state index in [2.05, 4.69) is 13.2 Å². The first-order chi connectivity index (χ1) is 2.91. The molecule has 0 aromatic carbocycles. The highest BCUT2D eigenvalue weighted by Gasteiger charge is 1.66. The molecular weight excluding hydrogens is 104 g/mol. The topological polar surface area (TPSA) is 0 Å². The molecule has 0 saturated heterocycles. The predicted octanol–water partition coefficient (Wildman–Crippen LogP) is 2.25. The summed E-state index contributed by atoms with van der Waals surface area (Å²) in [6.45, 7) is 7.10. The van der Waals surface area contributed by atoms with E-state index in [1.165, 1.54) is 0 Å². The summed E-state index contributed by atoms with van der Waals surface area (Å²) in [5, 5.41) is 0. The molecule has 0 saturated carbocycles. The monoisotopic (exact) mass is 116 g/mol. The zero-order valence-electron chi connectivity index (χ0n) is 4.48. The van der Waals surface area contributed by atoms with Gasteiger partial charge in [0.2, 0.25) is 0 Å². The van der Waals surface area contributed by atoms with Gasteiger partial charge in [-0.15, -0.1) is 13.2 Å². The van der Waals surface area contributed by atoms with Crippen LogP contribution in [-0.4, -0.2) is 0 Å². The maximum absolute atomic E-state index is 3.55. The first-order valence-corrected chi connectivity index (χ1v) is 2.13. The summed E-state index contributed by atoms with van der Waals surface area (Å²) in [6, 6.07) is 0.